The van der Waals surface area contributed by atoms with Crippen molar-refractivity contribution in [2.45, 2.75) is 0 Å². The quantitative estimate of drug-likeness (QED) is 0.665. The first-order valence-corrected chi connectivity index (χ1v) is 4.59. The van der Waals surface area contributed by atoms with Crippen molar-refractivity contribution in [3.8, 4) is 0 Å². The minimum absolute atomic E-state index is 0. The van der Waals surface area contributed by atoms with E-state index in [2.05, 4.69) is 0 Å². The third-order valence-corrected chi connectivity index (χ3v) is 2.36. The fourth-order valence-electron chi connectivity index (χ4n) is 1.60. The summed E-state index contributed by atoms with van der Waals surface area (Å²) in [5.41, 5.74) is 0.324. The van der Waals surface area contributed by atoms with Gasteiger partial charge in [-0.2, -0.15) is 0 Å². The zero-order valence-electron chi connectivity index (χ0n) is 10.2. The van der Waals surface area contributed by atoms with Crippen LogP contribution in [0.3, 0.4) is 0 Å². The molecular weight excluding hydrogens is 215 g/mol. The van der Waals surface area contributed by atoms with E-state index in [4.69, 9.17) is 10.2 Å². The monoisotopic (exact) mass is 224 g/mol. The van der Waals surface area contributed by atoms with Crippen LogP contribution in [-0.2, 0) is 0 Å². The van der Waals surface area contributed by atoms with Crippen molar-refractivity contribution in [2.24, 2.45) is 0 Å². The molecule has 0 unspecified atom stereocenters. The number of carboxylic acid groups (broad SMARTS) is 2. The van der Waals surface area contributed by atoms with Gasteiger partial charge in [-0.1, -0.05) is 18.2 Å². The van der Waals surface area contributed by atoms with E-state index < -0.39 is 11.9 Å². The van der Waals surface area contributed by atoms with Gasteiger partial charge >= 0.3 is 30.8 Å². The molecule has 0 saturated heterocycles. The van der Waals surface area contributed by atoms with Gasteiger partial charge in [0, 0.05) is 0 Å². The zero-order valence-corrected chi connectivity index (χ0v) is 9.18. The van der Waals surface area contributed by atoms with Crippen LogP contribution in [0.2, 0.25) is 0 Å². The summed E-state index contributed by atoms with van der Waals surface area (Å²) in [5, 5.41) is 18.9. The summed E-state index contributed by atoms with van der Waals surface area (Å²) in [6.07, 6.45) is 0. The van der Waals surface area contributed by atoms with Crippen LogP contribution in [0, 0.1) is 0 Å². The fourth-order valence-corrected chi connectivity index (χ4v) is 1.60. The summed E-state index contributed by atoms with van der Waals surface area (Å²) in [6, 6.07) is 9.15. The molecule has 5 heteroatoms. The first-order valence-electron chi connectivity index (χ1n) is 4.59. The number of hydrogen-bond donors (Lipinski definition) is 2. The smallest absolute Gasteiger partial charge is 1.00 e. The van der Waals surface area contributed by atoms with Crippen LogP contribution in [0.5, 0.6) is 0 Å². The van der Waals surface area contributed by atoms with Crippen molar-refractivity contribution >= 4 is 22.7 Å². The van der Waals surface area contributed by atoms with E-state index in [1.807, 2.05) is 0 Å². The van der Waals surface area contributed by atoms with E-state index in [-0.39, 0.29) is 31.4 Å². The molecule has 0 fully saturated rings. The maximum absolute atomic E-state index is 10.9. The van der Waals surface area contributed by atoms with E-state index in [1.54, 1.807) is 12.1 Å². The SMILES string of the molecule is O=C(O)c1ccc2c(C(=O)O)cccc2c1.[H-].[Li+]. The first-order chi connectivity index (χ1) is 7.59. The molecular formula is C12H9LiO4. The predicted molar refractivity (Wildman–Crippen MR) is 59.0 cm³/mol. The van der Waals surface area contributed by atoms with Crippen LogP contribution >= 0.6 is 0 Å². The Morgan fingerprint density at radius 1 is 1.00 bits per heavy atom. The van der Waals surface area contributed by atoms with E-state index in [1.165, 1.54) is 24.3 Å². The molecule has 0 heterocycles. The Bertz CT molecular complexity index is 598. The summed E-state index contributed by atoms with van der Waals surface area (Å²) in [6.45, 7) is 0. The van der Waals surface area contributed by atoms with E-state index in [0.717, 1.165) is 0 Å². The van der Waals surface area contributed by atoms with Gasteiger partial charge in [-0.3, -0.25) is 0 Å². The van der Waals surface area contributed by atoms with Gasteiger partial charge in [-0.25, -0.2) is 9.59 Å². The number of carboxylic acids is 2. The summed E-state index contributed by atoms with van der Waals surface area (Å²) < 4.78 is 0. The molecule has 2 aromatic rings. The van der Waals surface area contributed by atoms with Crippen molar-refractivity contribution in [1.29, 1.82) is 0 Å². The molecule has 0 amide bonds. The molecule has 2 rings (SSSR count). The third-order valence-electron chi connectivity index (χ3n) is 2.36. The number of benzene rings is 2. The number of rotatable bonds is 2. The second kappa shape index (κ2) is 5.05. The van der Waals surface area contributed by atoms with Crippen molar-refractivity contribution in [3.63, 3.8) is 0 Å². The maximum atomic E-state index is 10.9. The minimum Gasteiger partial charge on any atom is -1.00 e. The first kappa shape index (κ1) is 13.3. The Balaban J connectivity index is 0.00000144. The Morgan fingerprint density at radius 3 is 2.29 bits per heavy atom. The minimum atomic E-state index is -1.03. The van der Waals surface area contributed by atoms with Gasteiger partial charge in [-0.05, 0) is 29.0 Å². The molecule has 0 radical (unpaired) electrons. The van der Waals surface area contributed by atoms with Crippen LogP contribution in [-0.4, -0.2) is 22.2 Å². The maximum Gasteiger partial charge on any atom is 1.00 e. The summed E-state index contributed by atoms with van der Waals surface area (Å²) in [5.74, 6) is -2.05. The molecule has 0 bridgehead atoms. The van der Waals surface area contributed by atoms with Crippen LogP contribution in [0.15, 0.2) is 36.4 Å². The van der Waals surface area contributed by atoms with Gasteiger partial charge in [0.15, 0.2) is 0 Å². The standard InChI is InChI=1S/C12H8O4.Li.H/c13-11(14)8-4-5-9-7(6-8)2-1-3-10(9)12(15)16;;/h1-6H,(H,13,14)(H,15,16);;/q;+1;-1. The Labute approximate surface area is 111 Å². The van der Waals surface area contributed by atoms with Crippen LogP contribution in [0.1, 0.15) is 22.1 Å². The Kier molecular flexibility index (Phi) is 3.95. The summed E-state index contributed by atoms with van der Waals surface area (Å²) in [4.78, 5) is 21.7. The number of aromatic carboxylic acids is 2. The van der Waals surface area contributed by atoms with Crippen molar-refractivity contribution in [1.82, 2.24) is 0 Å². The van der Waals surface area contributed by atoms with Crippen LogP contribution < -0.4 is 18.9 Å². The average Bonchev–Trinajstić information content (AvgIpc) is 2.27. The van der Waals surface area contributed by atoms with E-state index >= 15 is 0 Å². The second-order valence-corrected chi connectivity index (χ2v) is 3.35. The molecule has 17 heavy (non-hydrogen) atoms. The van der Waals surface area contributed by atoms with Gasteiger partial charge in [0.1, 0.15) is 0 Å². The molecule has 0 aliphatic heterocycles. The topological polar surface area (TPSA) is 74.6 Å². The molecule has 82 valence electrons. The predicted octanol–water partition coefficient (Wildman–Crippen LogP) is -0.647. The van der Waals surface area contributed by atoms with Gasteiger partial charge in [0.25, 0.3) is 0 Å². The molecule has 0 spiro atoms. The molecule has 4 nitrogen and oxygen atoms in total. The number of carbonyl (C=O) groups is 2. The van der Waals surface area contributed by atoms with Gasteiger partial charge in [0.05, 0.1) is 11.1 Å². The molecule has 2 aromatic carbocycles. The molecule has 0 aromatic heterocycles. The molecule has 0 atom stereocenters. The molecule has 0 aliphatic rings. The second-order valence-electron chi connectivity index (χ2n) is 3.35. The molecule has 0 aliphatic carbocycles. The van der Waals surface area contributed by atoms with Crippen molar-refractivity contribution in [3.05, 3.63) is 47.5 Å². The summed E-state index contributed by atoms with van der Waals surface area (Å²) in [7, 11) is 0. The third kappa shape index (κ3) is 2.49. The van der Waals surface area contributed by atoms with Gasteiger partial charge < -0.3 is 11.6 Å². The largest absolute Gasteiger partial charge is 1.00 e. The van der Waals surface area contributed by atoms with Gasteiger partial charge in [0.2, 0.25) is 0 Å². The zero-order chi connectivity index (χ0) is 11.7. The number of hydrogen-bond acceptors (Lipinski definition) is 2. The fraction of sp³-hybridized carbons (Fsp3) is 0. The normalized spacial score (nSPS) is 9.65. The van der Waals surface area contributed by atoms with Crippen LogP contribution in [0.4, 0.5) is 0 Å². The van der Waals surface area contributed by atoms with Crippen LogP contribution in [0.25, 0.3) is 10.8 Å². The Hall–Kier alpha value is -1.76. The van der Waals surface area contributed by atoms with Gasteiger partial charge in [-0.15, -0.1) is 0 Å². The van der Waals surface area contributed by atoms with Crippen molar-refractivity contribution < 1.29 is 40.1 Å². The van der Waals surface area contributed by atoms with E-state index in [0.29, 0.717) is 10.8 Å². The Morgan fingerprint density at radius 2 is 1.71 bits per heavy atom. The van der Waals surface area contributed by atoms with Crippen molar-refractivity contribution in [2.75, 3.05) is 0 Å². The molecule has 0 saturated carbocycles. The number of fused-ring (bicyclic) bond motifs is 1. The molecule has 2 N–H and O–H groups in total. The van der Waals surface area contributed by atoms with E-state index in [9.17, 15) is 9.59 Å². The summed E-state index contributed by atoms with van der Waals surface area (Å²) >= 11 is 0. The average molecular weight is 224 g/mol.